The molecule has 1 amide bonds. The van der Waals surface area contributed by atoms with Gasteiger partial charge >= 0.3 is 0 Å². The molecule has 1 saturated heterocycles. The third-order valence-corrected chi connectivity index (χ3v) is 3.37. The second-order valence-electron chi connectivity index (χ2n) is 4.76. The summed E-state index contributed by atoms with van der Waals surface area (Å²) in [6, 6.07) is 3.50. The summed E-state index contributed by atoms with van der Waals surface area (Å²) in [5, 5.41) is 0. The summed E-state index contributed by atoms with van der Waals surface area (Å²) in [4.78, 5) is 18.1. The van der Waals surface area contributed by atoms with Crippen LogP contribution in [0.25, 0.3) is 0 Å². The molecular formula is C13H19N3O. The summed E-state index contributed by atoms with van der Waals surface area (Å²) >= 11 is 0. The fourth-order valence-corrected chi connectivity index (χ4v) is 2.23. The van der Waals surface area contributed by atoms with Gasteiger partial charge in [0.1, 0.15) is 5.82 Å². The molecule has 1 aromatic rings. The number of hydrogen-bond acceptors (Lipinski definition) is 3. The summed E-state index contributed by atoms with van der Waals surface area (Å²) in [5.74, 6) is 1.05. The summed E-state index contributed by atoms with van der Waals surface area (Å²) in [6.07, 6.45) is 4.96. The predicted molar refractivity (Wildman–Crippen MR) is 67.6 cm³/mol. The number of amides is 1. The van der Waals surface area contributed by atoms with Crippen LogP contribution in [0.15, 0.2) is 18.3 Å². The van der Waals surface area contributed by atoms with Crippen molar-refractivity contribution in [3.8, 4) is 0 Å². The zero-order valence-corrected chi connectivity index (χ0v) is 10.2. The maximum Gasteiger partial charge on any atom is 0.257 e. The third kappa shape index (κ3) is 2.75. The van der Waals surface area contributed by atoms with Crippen molar-refractivity contribution in [1.82, 2.24) is 9.88 Å². The van der Waals surface area contributed by atoms with E-state index in [4.69, 9.17) is 5.73 Å². The van der Waals surface area contributed by atoms with Gasteiger partial charge in [-0.3, -0.25) is 4.79 Å². The Morgan fingerprint density at radius 1 is 1.47 bits per heavy atom. The summed E-state index contributed by atoms with van der Waals surface area (Å²) in [6.45, 7) is 3.90. The number of hydrogen-bond donors (Lipinski definition) is 1. The van der Waals surface area contributed by atoms with Crippen LogP contribution < -0.4 is 5.73 Å². The van der Waals surface area contributed by atoms with Crippen molar-refractivity contribution in [3.63, 3.8) is 0 Å². The largest absolute Gasteiger partial charge is 0.383 e. The van der Waals surface area contributed by atoms with Gasteiger partial charge in [0.2, 0.25) is 0 Å². The first kappa shape index (κ1) is 11.9. The van der Waals surface area contributed by atoms with Crippen molar-refractivity contribution in [1.29, 1.82) is 0 Å². The van der Waals surface area contributed by atoms with Crippen LogP contribution in [0, 0.1) is 5.92 Å². The minimum absolute atomic E-state index is 0.0182. The maximum atomic E-state index is 12.3. The highest BCUT2D eigenvalue weighted by Gasteiger charge is 2.21. The number of anilines is 1. The molecule has 1 atom stereocenters. The lowest BCUT2D eigenvalue weighted by molar-refractivity contribution is 0.0761. The molecule has 0 aromatic carbocycles. The molecule has 0 radical (unpaired) electrons. The first-order chi connectivity index (χ1) is 8.18. The lowest BCUT2D eigenvalue weighted by Crippen LogP contribution is -2.32. The predicted octanol–water partition coefficient (Wildman–Crippen LogP) is 1.93. The average molecular weight is 233 g/mol. The van der Waals surface area contributed by atoms with E-state index in [-0.39, 0.29) is 5.91 Å². The Labute approximate surface area is 102 Å². The monoisotopic (exact) mass is 233 g/mol. The van der Waals surface area contributed by atoms with Crippen LogP contribution in [0.4, 0.5) is 5.82 Å². The quantitative estimate of drug-likeness (QED) is 0.806. The van der Waals surface area contributed by atoms with Gasteiger partial charge < -0.3 is 10.6 Å². The smallest absolute Gasteiger partial charge is 0.257 e. The molecular weight excluding hydrogens is 214 g/mol. The van der Waals surface area contributed by atoms with Gasteiger partial charge in [0.05, 0.1) is 5.56 Å². The third-order valence-electron chi connectivity index (χ3n) is 3.37. The van der Waals surface area contributed by atoms with Gasteiger partial charge in [-0.1, -0.05) is 6.92 Å². The lowest BCUT2D eigenvalue weighted by atomic mass is 10.0. The van der Waals surface area contributed by atoms with Crippen LogP contribution >= 0.6 is 0 Å². The normalized spacial score (nSPS) is 21.0. The first-order valence-electron chi connectivity index (χ1n) is 6.18. The fraction of sp³-hybridized carbons (Fsp3) is 0.538. The number of nitrogens with zero attached hydrogens (tertiary/aromatic N) is 2. The highest BCUT2D eigenvalue weighted by atomic mass is 16.2. The molecule has 2 heterocycles. The van der Waals surface area contributed by atoms with Crippen LogP contribution in [-0.4, -0.2) is 28.9 Å². The topological polar surface area (TPSA) is 59.2 Å². The van der Waals surface area contributed by atoms with Crippen molar-refractivity contribution in [2.45, 2.75) is 26.2 Å². The van der Waals surface area contributed by atoms with E-state index in [1.807, 2.05) is 4.90 Å². The van der Waals surface area contributed by atoms with E-state index in [2.05, 4.69) is 11.9 Å². The van der Waals surface area contributed by atoms with Crippen LogP contribution in [0.3, 0.4) is 0 Å². The Kier molecular flexibility index (Phi) is 3.61. The number of nitrogen functional groups attached to an aromatic ring is 1. The van der Waals surface area contributed by atoms with E-state index in [1.165, 1.54) is 6.42 Å². The second-order valence-corrected chi connectivity index (χ2v) is 4.76. The number of rotatable bonds is 1. The van der Waals surface area contributed by atoms with Gasteiger partial charge in [0.25, 0.3) is 5.91 Å². The molecule has 1 aromatic heterocycles. The number of likely N-dealkylation sites (tertiary alicyclic amines) is 1. The van der Waals surface area contributed by atoms with Gasteiger partial charge in [0.15, 0.2) is 0 Å². The summed E-state index contributed by atoms with van der Waals surface area (Å²) in [7, 11) is 0. The van der Waals surface area contributed by atoms with E-state index in [0.717, 1.165) is 25.9 Å². The van der Waals surface area contributed by atoms with Gasteiger partial charge in [-0.25, -0.2) is 4.98 Å². The van der Waals surface area contributed by atoms with Gasteiger partial charge in [-0.05, 0) is 37.3 Å². The molecule has 4 heteroatoms. The maximum absolute atomic E-state index is 12.3. The Morgan fingerprint density at radius 2 is 2.29 bits per heavy atom. The standard InChI is InChI=1S/C13H19N3O/c1-10-4-3-8-16(9-6-10)13(17)11-5-2-7-15-12(11)14/h2,5,7,10H,3-4,6,8-9H2,1H3,(H2,14,15). The number of carbonyl (C=O) groups excluding carboxylic acids is 1. The number of aromatic nitrogens is 1. The minimum Gasteiger partial charge on any atom is -0.383 e. The minimum atomic E-state index is 0.0182. The molecule has 4 nitrogen and oxygen atoms in total. The molecule has 92 valence electrons. The highest BCUT2D eigenvalue weighted by molar-refractivity contribution is 5.98. The van der Waals surface area contributed by atoms with E-state index in [9.17, 15) is 4.79 Å². The molecule has 17 heavy (non-hydrogen) atoms. The molecule has 2 rings (SSSR count). The average Bonchev–Trinajstić information content (AvgIpc) is 2.54. The fourth-order valence-electron chi connectivity index (χ4n) is 2.23. The second kappa shape index (κ2) is 5.17. The van der Waals surface area contributed by atoms with E-state index in [0.29, 0.717) is 17.3 Å². The van der Waals surface area contributed by atoms with Crippen molar-refractivity contribution in [2.24, 2.45) is 5.92 Å². The van der Waals surface area contributed by atoms with E-state index in [1.54, 1.807) is 18.3 Å². The molecule has 0 spiro atoms. The summed E-state index contributed by atoms with van der Waals surface area (Å²) < 4.78 is 0. The zero-order chi connectivity index (χ0) is 12.3. The number of nitrogens with two attached hydrogens (primary N) is 1. The Morgan fingerprint density at radius 3 is 3.06 bits per heavy atom. The zero-order valence-electron chi connectivity index (χ0n) is 10.2. The number of pyridine rings is 1. The van der Waals surface area contributed by atoms with Crippen molar-refractivity contribution >= 4 is 11.7 Å². The molecule has 1 aliphatic rings. The summed E-state index contributed by atoms with van der Waals surface area (Å²) in [5.41, 5.74) is 6.27. The van der Waals surface area contributed by atoms with E-state index >= 15 is 0 Å². The van der Waals surface area contributed by atoms with Gasteiger partial charge in [-0.2, -0.15) is 0 Å². The first-order valence-corrected chi connectivity index (χ1v) is 6.18. The van der Waals surface area contributed by atoms with Crippen molar-refractivity contribution in [3.05, 3.63) is 23.9 Å². The van der Waals surface area contributed by atoms with Crippen LogP contribution in [0.5, 0.6) is 0 Å². The Hall–Kier alpha value is -1.58. The van der Waals surface area contributed by atoms with Crippen molar-refractivity contribution < 1.29 is 4.79 Å². The van der Waals surface area contributed by atoms with Crippen LogP contribution in [0.1, 0.15) is 36.5 Å². The molecule has 0 aliphatic carbocycles. The molecule has 0 saturated carbocycles. The Balaban J connectivity index is 2.12. The van der Waals surface area contributed by atoms with Crippen LogP contribution in [0.2, 0.25) is 0 Å². The highest BCUT2D eigenvalue weighted by Crippen LogP contribution is 2.19. The number of carbonyl (C=O) groups is 1. The molecule has 2 N–H and O–H groups in total. The SMILES string of the molecule is CC1CCCN(C(=O)c2cccnc2N)CC1. The molecule has 1 unspecified atom stereocenters. The molecule has 1 fully saturated rings. The Bertz CT molecular complexity index is 405. The van der Waals surface area contributed by atoms with E-state index < -0.39 is 0 Å². The van der Waals surface area contributed by atoms with Gasteiger partial charge in [0, 0.05) is 19.3 Å². The van der Waals surface area contributed by atoms with Crippen LogP contribution in [-0.2, 0) is 0 Å². The van der Waals surface area contributed by atoms with Crippen molar-refractivity contribution in [2.75, 3.05) is 18.8 Å². The van der Waals surface area contributed by atoms with Gasteiger partial charge in [-0.15, -0.1) is 0 Å². The lowest BCUT2D eigenvalue weighted by Gasteiger charge is -2.20. The molecule has 1 aliphatic heterocycles. The molecule has 0 bridgehead atoms.